The molecule has 4 heterocycles. The van der Waals surface area contributed by atoms with Crippen LogP contribution in [0, 0.1) is 5.92 Å². The Morgan fingerprint density at radius 3 is 2.17 bits per heavy atom. The molecule has 4 N–H and O–H groups in total. The second-order valence-electron chi connectivity index (χ2n) is 19.7. The first-order chi connectivity index (χ1) is 33.4. The number of ketones is 1. The number of carbonyl (C=O) groups is 3. The number of benzene rings is 4. The molecule has 0 saturated carbocycles. The summed E-state index contributed by atoms with van der Waals surface area (Å²) in [6.45, 7) is 16.2. The Labute approximate surface area is 408 Å². The summed E-state index contributed by atoms with van der Waals surface area (Å²) in [5.41, 5.74) is 2.62. The second-order valence-corrected chi connectivity index (χ2v) is 19.7. The molecule has 0 aliphatic carbocycles. The Hall–Kier alpha value is -7.11. The monoisotopic (exact) mass is 948 g/mol. The number of Topliss-reactive ketones (excluding diaryl/α,β-unsaturated/α-hetero) is 1. The lowest BCUT2D eigenvalue weighted by molar-refractivity contribution is -0.121. The van der Waals surface area contributed by atoms with Gasteiger partial charge in [-0.2, -0.15) is 5.10 Å². The first-order valence-electron chi connectivity index (χ1n) is 23.9. The van der Waals surface area contributed by atoms with E-state index in [1.54, 1.807) is 6.07 Å². The maximum atomic E-state index is 14.3. The lowest BCUT2D eigenvalue weighted by Crippen LogP contribution is -2.48. The molecule has 1 unspecified atom stereocenters. The molecule has 0 bridgehead atoms. The fourth-order valence-electron chi connectivity index (χ4n) is 9.50. The van der Waals surface area contributed by atoms with Crippen molar-refractivity contribution in [2.45, 2.75) is 96.7 Å². The van der Waals surface area contributed by atoms with Crippen molar-refractivity contribution in [1.29, 1.82) is 0 Å². The Morgan fingerprint density at radius 1 is 0.843 bits per heavy atom. The van der Waals surface area contributed by atoms with Gasteiger partial charge in [0.15, 0.2) is 11.6 Å². The molecule has 17 heteroatoms. The fraction of sp³-hybridized carbons (Fsp3) is 0.377. The molecule has 364 valence electrons. The average Bonchev–Trinajstić information content (AvgIpc) is 3.85. The van der Waals surface area contributed by atoms with Gasteiger partial charge in [-0.25, -0.2) is 19.4 Å². The van der Waals surface area contributed by atoms with Crippen LogP contribution < -0.4 is 15.9 Å². The Morgan fingerprint density at radius 2 is 1.53 bits per heavy atom. The van der Waals surface area contributed by atoms with Crippen LogP contribution >= 0.6 is 0 Å². The highest BCUT2D eigenvalue weighted by molar-refractivity contribution is 6.48. The number of aromatic nitrogens is 5. The highest BCUT2D eigenvalue weighted by atomic mass is 16.7. The highest BCUT2D eigenvalue weighted by Crippen LogP contribution is 2.49. The van der Waals surface area contributed by atoms with Crippen molar-refractivity contribution < 1.29 is 33.9 Å². The van der Waals surface area contributed by atoms with Crippen LogP contribution in [0.25, 0.3) is 17.1 Å². The zero-order valence-corrected chi connectivity index (χ0v) is 40.8. The van der Waals surface area contributed by atoms with Crippen LogP contribution in [-0.4, -0.2) is 102 Å². The van der Waals surface area contributed by atoms with Crippen molar-refractivity contribution >= 4 is 30.4 Å². The molecule has 0 spiro atoms. The topological polar surface area (TPSA) is 205 Å². The van der Waals surface area contributed by atoms with Crippen LogP contribution in [0.15, 0.2) is 114 Å². The van der Waals surface area contributed by atoms with Gasteiger partial charge in [0, 0.05) is 68.1 Å². The summed E-state index contributed by atoms with van der Waals surface area (Å²) in [5.74, 6) is -0.834. The van der Waals surface area contributed by atoms with E-state index in [4.69, 9.17) is 9.31 Å². The van der Waals surface area contributed by atoms with Crippen molar-refractivity contribution in [2.24, 2.45) is 5.92 Å². The number of amides is 2. The van der Waals surface area contributed by atoms with Crippen molar-refractivity contribution in [1.82, 2.24) is 34.9 Å². The van der Waals surface area contributed by atoms with Crippen molar-refractivity contribution in [3.63, 3.8) is 0 Å². The van der Waals surface area contributed by atoms with Crippen molar-refractivity contribution in [3.05, 3.63) is 148 Å². The lowest BCUT2D eigenvalue weighted by atomic mass is 9.65. The van der Waals surface area contributed by atoms with Gasteiger partial charge in [-0.15, -0.1) is 0 Å². The Bertz CT molecular complexity index is 2870. The molecule has 6 aromatic rings. The van der Waals surface area contributed by atoms with Crippen LogP contribution in [-0.2, 0) is 26.1 Å². The lowest BCUT2D eigenvalue weighted by Gasteiger charge is -2.37. The van der Waals surface area contributed by atoms with E-state index >= 15 is 0 Å². The quantitative estimate of drug-likeness (QED) is 0.0699. The van der Waals surface area contributed by atoms with E-state index in [2.05, 4.69) is 44.2 Å². The second kappa shape index (κ2) is 20.5. The third-order valence-corrected chi connectivity index (χ3v) is 13.7. The molecule has 8 rings (SSSR count). The van der Waals surface area contributed by atoms with Gasteiger partial charge in [0.25, 0.3) is 11.8 Å². The van der Waals surface area contributed by atoms with Crippen LogP contribution in [0.3, 0.4) is 0 Å². The molecule has 2 aliphatic heterocycles. The van der Waals surface area contributed by atoms with E-state index in [1.807, 2.05) is 118 Å². The molecular weight excluding hydrogens is 887 g/mol. The number of aromatic hydroxyl groups is 2. The number of anilines is 1. The van der Waals surface area contributed by atoms with E-state index in [0.717, 1.165) is 16.8 Å². The van der Waals surface area contributed by atoms with E-state index in [9.17, 15) is 29.4 Å². The summed E-state index contributed by atoms with van der Waals surface area (Å²) in [6, 6.07) is 26.6. The number of hydrogen-bond acceptors (Lipinski definition) is 12. The van der Waals surface area contributed by atoms with Crippen LogP contribution in [0.2, 0.25) is 5.82 Å². The molecule has 2 fully saturated rings. The van der Waals surface area contributed by atoms with Gasteiger partial charge in [-0.1, -0.05) is 70.2 Å². The normalized spacial score (nSPS) is 17.8. The molecule has 3 atom stereocenters. The zero-order valence-electron chi connectivity index (χ0n) is 40.8. The smallest absolute Gasteiger partial charge is 0.461 e. The summed E-state index contributed by atoms with van der Waals surface area (Å²) in [6.07, 6.45) is 5.36. The molecular formula is C53H61BN8O8. The van der Waals surface area contributed by atoms with Crippen LogP contribution in [0.1, 0.15) is 105 Å². The maximum absolute atomic E-state index is 14.3. The number of rotatable bonds is 16. The minimum absolute atomic E-state index is 0.0280. The largest absolute Gasteiger partial charge is 0.508 e. The molecule has 70 heavy (non-hydrogen) atoms. The third-order valence-electron chi connectivity index (χ3n) is 13.7. The number of phenolic OH excluding ortho intramolecular Hbond substituents is 2. The average molecular weight is 949 g/mol. The molecule has 2 aromatic heterocycles. The standard InChI is InChI=1S/C53H61BN8O8/c1-33(2)27-38(29-47(65)43(28-35-11-9-8-10-12-35)57-49(66)44-32-55-21-22-56-44)54-69-52(5,6)53(7,70-54)37-15-13-36(14-16-37)50(67)61-25-23-60(24-26-61)39-17-19-40(20-18-39)62-48(58-59-51(62)68)42-30-41(34(3)4)45(63)31-46(42)64/h8-22,30-34,38,43,63-64H,23-29H2,1-7H3,(H,57,66)(H,59,68)/t38-,43+,53?/m1/s1. The van der Waals surface area contributed by atoms with Crippen molar-refractivity contribution in [3.8, 4) is 28.6 Å². The third kappa shape index (κ3) is 10.4. The van der Waals surface area contributed by atoms with Crippen LogP contribution in [0.5, 0.6) is 11.5 Å². The summed E-state index contributed by atoms with van der Waals surface area (Å²) >= 11 is 0. The Balaban J connectivity index is 0.912. The summed E-state index contributed by atoms with van der Waals surface area (Å²) in [4.78, 5) is 66.7. The minimum atomic E-state index is -0.931. The van der Waals surface area contributed by atoms with Crippen molar-refractivity contribution in [2.75, 3.05) is 31.1 Å². The fourth-order valence-corrected chi connectivity index (χ4v) is 9.50. The molecule has 0 radical (unpaired) electrons. The van der Waals surface area contributed by atoms with Gasteiger partial charge >= 0.3 is 12.8 Å². The van der Waals surface area contributed by atoms with Crippen LogP contribution in [0.4, 0.5) is 5.69 Å². The first-order valence-corrected chi connectivity index (χ1v) is 23.9. The number of phenols is 2. The SMILES string of the molecule is CC(C)C[C@H](CC(=O)[C@H](Cc1ccccc1)NC(=O)c1cnccn1)B1OC(C)(C)C(C)(c2ccc(C(=O)N3CCN(c4ccc(-n5c(-c6cc(C(C)C)c(O)cc6O)n[nH]c5=O)cc4)CC3)cc2)O1. The summed E-state index contributed by atoms with van der Waals surface area (Å²) in [7, 11) is -0.725. The van der Waals surface area contributed by atoms with E-state index in [0.29, 0.717) is 61.4 Å². The van der Waals surface area contributed by atoms with Gasteiger partial charge < -0.3 is 34.6 Å². The van der Waals surface area contributed by atoms with E-state index in [1.165, 1.54) is 29.2 Å². The number of nitrogens with zero attached hydrogens (tertiary/aromatic N) is 6. The van der Waals surface area contributed by atoms with Gasteiger partial charge in [-0.05, 0) is 105 Å². The number of piperazine rings is 1. The first kappa shape index (κ1) is 49.3. The number of carbonyl (C=O) groups excluding carboxylic acids is 3. The molecule has 2 aliphatic rings. The van der Waals surface area contributed by atoms with Gasteiger partial charge in [0.1, 0.15) is 22.8 Å². The summed E-state index contributed by atoms with van der Waals surface area (Å²) < 4.78 is 15.0. The zero-order chi connectivity index (χ0) is 49.9. The number of hydrogen-bond donors (Lipinski definition) is 4. The Kier molecular flexibility index (Phi) is 14.4. The van der Waals surface area contributed by atoms with Gasteiger partial charge in [0.2, 0.25) is 0 Å². The number of H-pyrrole nitrogens is 1. The van der Waals surface area contributed by atoms with E-state index < -0.39 is 36.0 Å². The molecule has 4 aromatic carbocycles. The molecule has 16 nitrogen and oxygen atoms in total. The molecule has 2 amide bonds. The maximum Gasteiger partial charge on any atom is 0.461 e. The predicted molar refractivity (Wildman–Crippen MR) is 267 cm³/mol. The summed E-state index contributed by atoms with van der Waals surface area (Å²) in [5, 5.41) is 30.7. The highest BCUT2D eigenvalue weighted by Gasteiger charge is 2.57. The predicted octanol–water partition coefficient (Wildman–Crippen LogP) is 7.46. The van der Waals surface area contributed by atoms with Gasteiger partial charge in [0.05, 0.1) is 29.1 Å². The number of aromatic amines is 1. The van der Waals surface area contributed by atoms with E-state index in [-0.39, 0.29) is 58.8 Å². The number of nitrogens with one attached hydrogen (secondary N) is 2. The molecule has 2 saturated heterocycles. The van der Waals surface area contributed by atoms with Gasteiger partial charge in [-0.3, -0.25) is 19.4 Å². The minimum Gasteiger partial charge on any atom is -0.508 e.